The van der Waals surface area contributed by atoms with E-state index in [1.807, 2.05) is 54.1 Å². The zero-order chi connectivity index (χ0) is 41.3. The molecule has 1 atom stereocenters. The lowest BCUT2D eigenvalue weighted by molar-refractivity contribution is -0.401. The average molecular weight is 798 g/mol. The summed E-state index contributed by atoms with van der Waals surface area (Å²) in [6, 6.07) is 14.6. The molecule has 0 saturated heterocycles. The van der Waals surface area contributed by atoms with E-state index in [9.17, 15) is 32.1 Å². The number of Topliss-reactive ketones (excluding diaryl/α,β-unsaturated/α-hetero) is 1. The van der Waals surface area contributed by atoms with Gasteiger partial charge in [-0.25, -0.2) is 8.42 Å². The molecule has 6 rings (SSSR count). The van der Waals surface area contributed by atoms with E-state index in [2.05, 4.69) is 62.3 Å². The SMILES string of the molecule is CCCCCN1/C(=C/C2=C(NC(CS(=O)(=O)[O-])C(=O)NCCOCCN3C(=O)C=CC3=O)C(=C/C3=[N+](C)c4ccccc4C3(C)C)/C2=O)C(C)(C)c2ccccc21. The van der Waals surface area contributed by atoms with Crippen molar-refractivity contribution in [2.75, 3.05) is 50.5 Å². The third kappa shape index (κ3) is 8.30. The minimum absolute atomic E-state index is 0.0142. The van der Waals surface area contributed by atoms with E-state index in [4.69, 9.17) is 4.74 Å². The molecule has 13 nitrogen and oxygen atoms in total. The first-order valence-electron chi connectivity index (χ1n) is 19.4. The largest absolute Gasteiger partial charge is 0.748 e. The van der Waals surface area contributed by atoms with Crippen LogP contribution >= 0.6 is 0 Å². The van der Waals surface area contributed by atoms with Gasteiger partial charge in [0.2, 0.25) is 11.6 Å². The van der Waals surface area contributed by atoms with Crippen LogP contribution in [-0.4, -0.2) is 103 Å². The second-order valence-electron chi connectivity index (χ2n) is 15.8. The van der Waals surface area contributed by atoms with E-state index in [0.717, 1.165) is 64.6 Å². The van der Waals surface area contributed by atoms with E-state index in [1.54, 1.807) is 6.08 Å². The fraction of sp³-hybridized carbons (Fsp3) is 0.419. The molecule has 1 aliphatic carbocycles. The maximum Gasteiger partial charge on any atom is 0.253 e. The lowest BCUT2D eigenvalue weighted by Crippen LogP contribution is -2.51. The first-order valence-corrected chi connectivity index (χ1v) is 20.9. The van der Waals surface area contributed by atoms with Crippen molar-refractivity contribution < 1.29 is 41.5 Å². The molecule has 0 spiro atoms. The molecule has 4 aliphatic rings. The highest BCUT2D eigenvalue weighted by Crippen LogP contribution is 2.49. The molecule has 302 valence electrons. The third-order valence-electron chi connectivity index (χ3n) is 11.2. The topological polar surface area (TPSA) is 168 Å². The molecule has 2 N–H and O–H groups in total. The summed E-state index contributed by atoms with van der Waals surface area (Å²) in [6.45, 7) is 11.2. The quantitative estimate of drug-likeness (QED) is 0.0788. The second-order valence-corrected chi connectivity index (χ2v) is 17.2. The molecule has 2 aromatic rings. The molecule has 3 amide bonds. The smallest absolute Gasteiger partial charge is 0.253 e. The molecule has 0 bridgehead atoms. The number of amides is 3. The first-order chi connectivity index (χ1) is 27.0. The van der Waals surface area contributed by atoms with Crippen molar-refractivity contribution in [1.82, 2.24) is 15.5 Å². The summed E-state index contributed by atoms with van der Waals surface area (Å²) in [5.41, 5.74) is 5.77. The van der Waals surface area contributed by atoms with Gasteiger partial charge in [-0.3, -0.25) is 24.1 Å². The van der Waals surface area contributed by atoms with Gasteiger partial charge in [0.05, 0.1) is 52.3 Å². The Hall–Kier alpha value is -5.18. The molecule has 0 aromatic heterocycles. The van der Waals surface area contributed by atoms with Crippen LogP contribution in [0.4, 0.5) is 11.4 Å². The number of hydrogen-bond acceptors (Lipinski definition) is 10. The van der Waals surface area contributed by atoms with Gasteiger partial charge >= 0.3 is 0 Å². The number of carbonyl (C=O) groups is 4. The number of carbonyl (C=O) groups excluding carboxylic acids is 4. The van der Waals surface area contributed by atoms with Gasteiger partial charge in [-0.1, -0.05) is 70.0 Å². The maximum atomic E-state index is 14.4. The number of imide groups is 1. The van der Waals surface area contributed by atoms with Crippen LogP contribution in [0.5, 0.6) is 0 Å². The highest BCUT2D eigenvalue weighted by atomic mass is 32.2. The van der Waals surface area contributed by atoms with Gasteiger partial charge in [-0.05, 0) is 38.0 Å². The summed E-state index contributed by atoms with van der Waals surface area (Å²) in [4.78, 5) is 54.9. The van der Waals surface area contributed by atoms with E-state index < -0.39 is 50.5 Å². The number of nitrogens with zero attached hydrogens (tertiary/aromatic N) is 3. The van der Waals surface area contributed by atoms with Crippen LogP contribution in [0.15, 0.2) is 95.4 Å². The van der Waals surface area contributed by atoms with Gasteiger partial charge in [0.15, 0.2) is 11.5 Å². The van der Waals surface area contributed by atoms with Crippen LogP contribution in [0.1, 0.15) is 65.0 Å². The standard InChI is InChI=1S/C43H51N5O8S/c1-7-8-13-21-47-34-17-12-10-15-31(34)43(4,5)36(47)26-29-39(28(40(29)51)25-35-42(2,3)30-14-9-11-16-33(30)46(35)6)45-32(27-57(53,54)55)41(52)44-20-23-56-24-22-48-37(49)18-19-38(48)50/h9-12,14-19,25-26,32H,7-8,13,20-24,27H2,1-6H3,(H2-,44,45,51,52,53,54,55). The zero-order valence-electron chi connectivity index (χ0n) is 33.4. The number of unbranched alkanes of at least 4 members (excludes halogenated alkanes) is 2. The van der Waals surface area contributed by atoms with Crippen LogP contribution < -0.4 is 15.5 Å². The molecule has 3 heterocycles. The Morgan fingerprint density at radius 1 is 0.895 bits per heavy atom. The maximum absolute atomic E-state index is 14.4. The van der Waals surface area contributed by atoms with Gasteiger partial charge in [-0.15, -0.1) is 0 Å². The number of fused-ring (bicyclic) bond motifs is 2. The van der Waals surface area contributed by atoms with E-state index >= 15 is 0 Å². The van der Waals surface area contributed by atoms with E-state index in [-0.39, 0.29) is 48.9 Å². The molecule has 0 saturated carbocycles. The van der Waals surface area contributed by atoms with Crippen molar-refractivity contribution in [3.05, 3.63) is 107 Å². The number of rotatable bonds is 17. The van der Waals surface area contributed by atoms with Crippen molar-refractivity contribution in [3.63, 3.8) is 0 Å². The fourth-order valence-electron chi connectivity index (χ4n) is 8.12. The molecular weight excluding hydrogens is 747 g/mol. The first kappa shape index (κ1) is 41.5. The summed E-state index contributed by atoms with van der Waals surface area (Å²) in [5, 5.41) is 5.67. The highest BCUT2D eigenvalue weighted by molar-refractivity contribution is 7.85. The number of allylic oxidation sites excluding steroid dienone is 5. The number of nitrogens with one attached hydrogen (secondary N) is 2. The summed E-state index contributed by atoms with van der Waals surface area (Å²) in [7, 11) is -3.01. The van der Waals surface area contributed by atoms with Crippen LogP contribution in [0.25, 0.3) is 0 Å². The average Bonchev–Trinajstić information content (AvgIpc) is 3.67. The van der Waals surface area contributed by atoms with Crippen molar-refractivity contribution >= 4 is 50.7 Å². The number of benzene rings is 2. The van der Waals surface area contributed by atoms with E-state index in [1.165, 1.54) is 12.2 Å². The number of ketones is 1. The minimum atomic E-state index is -4.93. The molecule has 14 heteroatoms. The van der Waals surface area contributed by atoms with Crippen molar-refractivity contribution in [2.45, 2.75) is 70.8 Å². The normalized spacial score (nSPS) is 20.2. The summed E-state index contributed by atoms with van der Waals surface area (Å²) >= 11 is 0. The third-order valence-corrected chi connectivity index (χ3v) is 12.0. The van der Waals surface area contributed by atoms with Crippen LogP contribution in [0, 0.1) is 0 Å². The molecule has 3 aliphatic heterocycles. The molecule has 57 heavy (non-hydrogen) atoms. The zero-order valence-corrected chi connectivity index (χ0v) is 34.2. The second kappa shape index (κ2) is 16.4. The van der Waals surface area contributed by atoms with Gasteiger partial charge in [0.25, 0.3) is 11.8 Å². The predicted octanol–water partition coefficient (Wildman–Crippen LogP) is 3.89. The monoisotopic (exact) mass is 797 g/mol. The van der Waals surface area contributed by atoms with Crippen LogP contribution in [0.2, 0.25) is 0 Å². The minimum Gasteiger partial charge on any atom is -0.748 e. The van der Waals surface area contributed by atoms with Crippen LogP contribution in [-0.2, 0) is 44.9 Å². The van der Waals surface area contributed by atoms with Crippen LogP contribution in [0.3, 0.4) is 0 Å². The van der Waals surface area contributed by atoms with Crippen molar-refractivity contribution in [3.8, 4) is 0 Å². The lowest BCUT2D eigenvalue weighted by atomic mass is 9.77. The van der Waals surface area contributed by atoms with Gasteiger partial charge in [0, 0.05) is 65.3 Å². The lowest BCUT2D eigenvalue weighted by Gasteiger charge is -2.33. The van der Waals surface area contributed by atoms with E-state index in [0.29, 0.717) is 0 Å². The Kier molecular flexibility index (Phi) is 11.9. The Morgan fingerprint density at radius 2 is 1.56 bits per heavy atom. The summed E-state index contributed by atoms with van der Waals surface area (Å²) in [5.74, 6) is -3.01. The Bertz CT molecular complexity index is 2250. The van der Waals surface area contributed by atoms with Crippen molar-refractivity contribution in [2.24, 2.45) is 0 Å². The molecule has 1 unspecified atom stereocenters. The molecule has 0 radical (unpaired) electrons. The molecule has 2 aromatic carbocycles. The number of ether oxygens (including phenoxy) is 1. The van der Waals surface area contributed by atoms with Gasteiger partial charge in [-0.2, -0.15) is 4.58 Å². The highest BCUT2D eigenvalue weighted by Gasteiger charge is 2.47. The summed E-state index contributed by atoms with van der Waals surface area (Å²) < 4.78 is 44.3. The Labute approximate surface area is 334 Å². The molecular formula is C43H51N5O8S. The Balaban J connectivity index is 1.34. The number of anilines is 1. The Morgan fingerprint density at radius 3 is 2.23 bits per heavy atom. The summed E-state index contributed by atoms with van der Waals surface area (Å²) in [6.07, 6.45) is 8.98. The fourth-order valence-corrected chi connectivity index (χ4v) is 8.76. The number of para-hydroxylation sites is 2. The molecule has 0 fully saturated rings. The van der Waals surface area contributed by atoms with Gasteiger partial charge < -0.3 is 24.8 Å². The predicted molar refractivity (Wildman–Crippen MR) is 216 cm³/mol. The van der Waals surface area contributed by atoms with Crippen molar-refractivity contribution in [1.29, 1.82) is 0 Å². The van der Waals surface area contributed by atoms with Gasteiger partial charge in [0.1, 0.15) is 13.1 Å². The number of hydrogen-bond donors (Lipinski definition) is 2.